The number of hydrogen-bond acceptors (Lipinski definition) is 3. The van der Waals surface area contributed by atoms with Gasteiger partial charge in [-0.2, -0.15) is 0 Å². The Labute approximate surface area is 105 Å². The van der Waals surface area contributed by atoms with E-state index in [1.54, 1.807) is 0 Å². The highest BCUT2D eigenvalue weighted by molar-refractivity contribution is 5.69. The largest absolute Gasteiger partial charge is 0.463 e. The lowest BCUT2D eigenvalue weighted by molar-refractivity contribution is -0.150. The molecule has 0 aromatic heterocycles. The van der Waals surface area contributed by atoms with Gasteiger partial charge in [0.25, 0.3) is 0 Å². The first kappa shape index (κ1) is 14.5. The van der Waals surface area contributed by atoms with E-state index < -0.39 is 0 Å². The van der Waals surface area contributed by atoms with E-state index in [4.69, 9.17) is 9.47 Å². The Bertz CT molecular complexity index is 222. The highest BCUT2D eigenvalue weighted by Crippen LogP contribution is 2.24. The van der Waals surface area contributed by atoms with Crippen LogP contribution in [0, 0.1) is 0 Å². The van der Waals surface area contributed by atoms with Crippen LogP contribution >= 0.6 is 0 Å². The second kappa shape index (κ2) is 7.70. The van der Waals surface area contributed by atoms with E-state index in [1.807, 2.05) is 13.8 Å². The van der Waals surface area contributed by atoms with E-state index in [9.17, 15) is 4.79 Å². The average molecular weight is 242 g/mol. The molecule has 0 radical (unpaired) electrons. The maximum atomic E-state index is 11.2. The van der Waals surface area contributed by atoms with E-state index in [1.165, 1.54) is 25.7 Å². The molecule has 2 unspecified atom stereocenters. The van der Waals surface area contributed by atoms with Gasteiger partial charge in [0.2, 0.25) is 0 Å². The fraction of sp³-hybridized carbons (Fsp3) is 0.929. The molecule has 0 aromatic rings. The molecule has 1 rings (SSSR count). The summed E-state index contributed by atoms with van der Waals surface area (Å²) in [5.74, 6) is -0.117. The quantitative estimate of drug-likeness (QED) is 0.641. The van der Waals surface area contributed by atoms with Gasteiger partial charge in [-0.25, -0.2) is 0 Å². The van der Waals surface area contributed by atoms with Crippen LogP contribution in [-0.2, 0) is 14.3 Å². The van der Waals surface area contributed by atoms with Gasteiger partial charge in [-0.1, -0.05) is 26.7 Å². The van der Waals surface area contributed by atoms with Gasteiger partial charge in [0.15, 0.2) is 0 Å². The van der Waals surface area contributed by atoms with Crippen molar-refractivity contribution >= 4 is 5.97 Å². The predicted molar refractivity (Wildman–Crippen MR) is 67.9 cm³/mol. The highest BCUT2D eigenvalue weighted by Gasteiger charge is 2.21. The lowest BCUT2D eigenvalue weighted by Gasteiger charge is -2.23. The van der Waals surface area contributed by atoms with Gasteiger partial charge in [-0.3, -0.25) is 4.79 Å². The fourth-order valence-corrected chi connectivity index (χ4v) is 2.34. The monoisotopic (exact) mass is 242 g/mol. The van der Waals surface area contributed by atoms with E-state index >= 15 is 0 Å². The maximum absolute atomic E-state index is 11.2. The molecule has 1 fully saturated rings. The van der Waals surface area contributed by atoms with Crippen LogP contribution in [0.3, 0.4) is 0 Å². The van der Waals surface area contributed by atoms with Crippen molar-refractivity contribution in [3.63, 3.8) is 0 Å². The van der Waals surface area contributed by atoms with Crippen molar-refractivity contribution in [1.82, 2.24) is 0 Å². The number of carbonyl (C=O) groups is 1. The SMILES string of the molecule is CCC(=O)OC(C)CC(CC)OC1CCCC1. The number of carbonyl (C=O) groups excluding carboxylic acids is 1. The number of ether oxygens (including phenoxy) is 2. The summed E-state index contributed by atoms with van der Waals surface area (Å²) in [6, 6.07) is 0. The van der Waals surface area contributed by atoms with Gasteiger partial charge in [0.1, 0.15) is 6.10 Å². The normalized spacial score (nSPS) is 20.2. The molecule has 2 atom stereocenters. The topological polar surface area (TPSA) is 35.5 Å². The molecule has 0 heterocycles. The van der Waals surface area contributed by atoms with Gasteiger partial charge in [0.05, 0.1) is 12.2 Å². The van der Waals surface area contributed by atoms with Crippen LogP contribution in [0.15, 0.2) is 0 Å². The Morgan fingerprint density at radius 3 is 2.47 bits per heavy atom. The molecule has 0 spiro atoms. The van der Waals surface area contributed by atoms with E-state index in [2.05, 4.69) is 6.92 Å². The molecule has 3 nitrogen and oxygen atoms in total. The lowest BCUT2D eigenvalue weighted by atomic mass is 10.1. The lowest BCUT2D eigenvalue weighted by Crippen LogP contribution is -2.26. The van der Waals surface area contributed by atoms with Crippen molar-refractivity contribution in [1.29, 1.82) is 0 Å². The Balaban J connectivity index is 2.27. The molecule has 0 amide bonds. The minimum atomic E-state index is -0.117. The van der Waals surface area contributed by atoms with Crippen LogP contribution in [0.4, 0.5) is 0 Å². The van der Waals surface area contributed by atoms with Gasteiger partial charge in [0, 0.05) is 12.8 Å². The number of esters is 1. The zero-order valence-electron chi connectivity index (χ0n) is 11.4. The van der Waals surface area contributed by atoms with Gasteiger partial charge in [-0.05, 0) is 26.2 Å². The molecular formula is C14H26O3. The first-order valence-corrected chi connectivity index (χ1v) is 7.00. The Morgan fingerprint density at radius 1 is 1.29 bits per heavy atom. The van der Waals surface area contributed by atoms with Crippen LogP contribution in [0.2, 0.25) is 0 Å². The molecule has 1 saturated carbocycles. The third kappa shape index (κ3) is 5.53. The van der Waals surface area contributed by atoms with Gasteiger partial charge in [-0.15, -0.1) is 0 Å². The molecule has 1 aliphatic rings. The molecule has 0 bridgehead atoms. The summed E-state index contributed by atoms with van der Waals surface area (Å²) in [4.78, 5) is 11.2. The van der Waals surface area contributed by atoms with Crippen molar-refractivity contribution in [3.05, 3.63) is 0 Å². The molecular weight excluding hydrogens is 216 g/mol. The summed E-state index contributed by atoms with van der Waals surface area (Å²) in [6.45, 7) is 5.91. The molecule has 17 heavy (non-hydrogen) atoms. The highest BCUT2D eigenvalue weighted by atomic mass is 16.5. The fourth-order valence-electron chi connectivity index (χ4n) is 2.34. The standard InChI is InChI=1S/C14H26O3/c1-4-12(17-13-8-6-7-9-13)10-11(3)16-14(15)5-2/h11-13H,4-10H2,1-3H3. The smallest absolute Gasteiger partial charge is 0.305 e. The van der Waals surface area contributed by atoms with Crippen molar-refractivity contribution < 1.29 is 14.3 Å². The Kier molecular flexibility index (Phi) is 6.56. The van der Waals surface area contributed by atoms with Crippen molar-refractivity contribution in [3.8, 4) is 0 Å². The zero-order chi connectivity index (χ0) is 12.7. The molecule has 0 aliphatic heterocycles. The number of hydrogen-bond donors (Lipinski definition) is 0. The number of rotatable bonds is 7. The van der Waals surface area contributed by atoms with Crippen molar-refractivity contribution in [2.24, 2.45) is 0 Å². The van der Waals surface area contributed by atoms with Crippen LogP contribution in [0.25, 0.3) is 0 Å². The first-order valence-electron chi connectivity index (χ1n) is 7.00. The molecule has 3 heteroatoms. The van der Waals surface area contributed by atoms with Gasteiger partial charge >= 0.3 is 5.97 Å². The summed E-state index contributed by atoms with van der Waals surface area (Å²) in [6.07, 6.45) is 7.87. The first-order chi connectivity index (χ1) is 8.15. The van der Waals surface area contributed by atoms with Crippen LogP contribution in [0.1, 0.15) is 65.7 Å². The van der Waals surface area contributed by atoms with Crippen LogP contribution in [-0.4, -0.2) is 24.3 Å². The van der Waals surface area contributed by atoms with Gasteiger partial charge < -0.3 is 9.47 Å². The Morgan fingerprint density at radius 2 is 1.94 bits per heavy atom. The van der Waals surface area contributed by atoms with Crippen LogP contribution < -0.4 is 0 Å². The summed E-state index contributed by atoms with van der Waals surface area (Å²) < 4.78 is 11.3. The van der Waals surface area contributed by atoms with E-state index in [0.29, 0.717) is 12.5 Å². The molecule has 0 saturated heterocycles. The molecule has 0 N–H and O–H groups in total. The molecule has 1 aliphatic carbocycles. The van der Waals surface area contributed by atoms with E-state index in [-0.39, 0.29) is 18.2 Å². The second-order valence-corrected chi connectivity index (χ2v) is 4.96. The summed E-state index contributed by atoms with van der Waals surface area (Å²) in [5.41, 5.74) is 0. The minimum absolute atomic E-state index is 0.0335. The summed E-state index contributed by atoms with van der Waals surface area (Å²) in [5, 5.41) is 0. The average Bonchev–Trinajstić information content (AvgIpc) is 2.80. The summed E-state index contributed by atoms with van der Waals surface area (Å²) in [7, 11) is 0. The van der Waals surface area contributed by atoms with Crippen molar-refractivity contribution in [2.45, 2.75) is 84.0 Å². The molecule has 0 aromatic carbocycles. The third-order valence-electron chi connectivity index (χ3n) is 3.36. The summed E-state index contributed by atoms with van der Waals surface area (Å²) >= 11 is 0. The Hall–Kier alpha value is -0.570. The van der Waals surface area contributed by atoms with Crippen molar-refractivity contribution in [2.75, 3.05) is 0 Å². The molecule has 100 valence electrons. The van der Waals surface area contributed by atoms with E-state index in [0.717, 1.165) is 12.8 Å². The minimum Gasteiger partial charge on any atom is -0.463 e. The maximum Gasteiger partial charge on any atom is 0.305 e. The predicted octanol–water partition coefficient (Wildman–Crippen LogP) is 3.46. The third-order valence-corrected chi connectivity index (χ3v) is 3.36. The second-order valence-electron chi connectivity index (χ2n) is 4.96. The van der Waals surface area contributed by atoms with Crippen LogP contribution in [0.5, 0.6) is 0 Å². The zero-order valence-corrected chi connectivity index (χ0v) is 11.4.